The summed E-state index contributed by atoms with van der Waals surface area (Å²) >= 11 is 0. The number of nitrogens with two attached hydrogens (primary N) is 1. The monoisotopic (exact) mass is 619 g/mol. The van der Waals surface area contributed by atoms with Gasteiger partial charge in [0.2, 0.25) is 0 Å². The second-order valence-corrected chi connectivity index (χ2v) is 11.5. The van der Waals surface area contributed by atoms with E-state index in [-0.39, 0.29) is 24.9 Å². The number of hydrogen-bond acceptors (Lipinski definition) is 7. The first-order valence-corrected chi connectivity index (χ1v) is 15.1. The Hall–Kier alpha value is -4.48. The summed E-state index contributed by atoms with van der Waals surface area (Å²) in [7, 11) is 0. The number of nitrogens with one attached hydrogen (secondary N) is 2. The molecule has 1 amide bonds. The van der Waals surface area contributed by atoms with E-state index in [1.807, 2.05) is 23.1 Å². The molecule has 0 bridgehead atoms. The SMILES string of the molecule is C=CC(NC(=O)c1ccc(N2CCN(CC(=O)O)CC2)cc1NC1CCOCC1)c1cc(Cc2cc(F)cc(F)c2)ccc1N. The standard InChI is InChI=1S/C34H39F2N5O4/c1-2-31(29-18-22(3-6-30(29)37)15-23-16-24(35)19-25(36)17-23)39-34(44)28-5-4-27(20-32(28)38-26-7-13-45-14-8-26)41-11-9-40(10-12-41)21-33(42)43/h2-6,16-20,26,31,38H,1,7-15,21,37H2,(H,39,44)(H,42,43). The largest absolute Gasteiger partial charge is 0.480 e. The van der Waals surface area contributed by atoms with E-state index in [2.05, 4.69) is 22.1 Å². The molecule has 5 rings (SSSR count). The third-order valence-electron chi connectivity index (χ3n) is 8.26. The average Bonchev–Trinajstić information content (AvgIpc) is 3.01. The Balaban J connectivity index is 1.36. The molecule has 1 unspecified atom stereocenters. The number of carbonyl (C=O) groups excluding carboxylic acids is 1. The van der Waals surface area contributed by atoms with Crippen molar-refractivity contribution in [2.45, 2.75) is 31.3 Å². The van der Waals surface area contributed by atoms with Gasteiger partial charge in [-0.2, -0.15) is 0 Å². The minimum Gasteiger partial charge on any atom is -0.480 e. The van der Waals surface area contributed by atoms with Gasteiger partial charge in [0.15, 0.2) is 0 Å². The van der Waals surface area contributed by atoms with Crippen molar-refractivity contribution < 1.29 is 28.2 Å². The van der Waals surface area contributed by atoms with Crippen LogP contribution in [-0.2, 0) is 16.0 Å². The zero-order chi connectivity index (χ0) is 31.9. The number of carbonyl (C=O) groups is 2. The number of carboxylic acids is 1. The van der Waals surface area contributed by atoms with E-state index in [9.17, 15) is 18.4 Å². The van der Waals surface area contributed by atoms with Crippen molar-refractivity contribution in [3.8, 4) is 0 Å². The van der Waals surface area contributed by atoms with Crippen molar-refractivity contribution in [1.82, 2.24) is 10.2 Å². The lowest BCUT2D eigenvalue weighted by Gasteiger charge is -2.36. The van der Waals surface area contributed by atoms with Gasteiger partial charge in [0.25, 0.3) is 5.91 Å². The Morgan fingerprint density at radius 3 is 2.38 bits per heavy atom. The number of hydrogen-bond donors (Lipinski definition) is 4. The van der Waals surface area contributed by atoms with Crippen LogP contribution in [0.15, 0.2) is 67.3 Å². The van der Waals surface area contributed by atoms with E-state index < -0.39 is 23.6 Å². The van der Waals surface area contributed by atoms with E-state index >= 15 is 0 Å². The van der Waals surface area contributed by atoms with Crippen molar-refractivity contribution in [2.75, 3.05) is 61.9 Å². The lowest BCUT2D eigenvalue weighted by atomic mass is 9.97. The number of anilines is 3. The Morgan fingerprint density at radius 2 is 1.71 bits per heavy atom. The molecule has 0 aromatic heterocycles. The van der Waals surface area contributed by atoms with E-state index in [0.29, 0.717) is 67.5 Å². The van der Waals surface area contributed by atoms with E-state index in [0.717, 1.165) is 30.2 Å². The second kappa shape index (κ2) is 14.5. The molecule has 0 radical (unpaired) electrons. The van der Waals surface area contributed by atoms with Crippen LogP contribution in [-0.4, -0.2) is 73.9 Å². The van der Waals surface area contributed by atoms with Crippen LogP contribution >= 0.6 is 0 Å². The highest BCUT2D eigenvalue weighted by Gasteiger charge is 2.24. The molecule has 2 aliphatic heterocycles. The Kier molecular flexibility index (Phi) is 10.3. The van der Waals surface area contributed by atoms with Crippen LogP contribution in [0.2, 0.25) is 0 Å². The van der Waals surface area contributed by atoms with Gasteiger partial charge < -0.3 is 31.1 Å². The van der Waals surface area contributed by atoms with Gasteiger partial charge in [0, 0.05) is 74.1 Å². The highest BCUT2D eigenvalue weighted by Crippen LogP contribution is 2.29. The number of benzene rings is 3. The van der Waals surface area contributed by atoms with Crippen LogP contribution < -0.4 is 21.3 Å². The number of aliphatic carboxylic acids is 1. The summed E-state index contributed by atoms with van der Waals surface area (Å²) in [5.74, 6) is -2.44. The minimum atomic E-state index is -0.838. The molecule has 3 aromatic rings. The number of piperazine rings is 1. The number of amides is 1. The van der Waals surface area contributed by atoms with Crippen molar-refractivity contribution in [1.29, 1.82) is 0 Å². The van der Waals surface area contributed by atoms with Crippen LogP contribution in [0.3, 0.4) is 0 Å². The predicted molar refractivity (Wildman–Crippen MR) is 171 cm³/mol. The molecule has 1 atom stereocenters. The first-order chi connectivity index (χ1) is 21.7. The molecule has 2 aliphatic rings. The number of ether oxygens (including phenoxy) is 1. The fraction of sp³-hybridized carbons (Fsp3) is 0.353. The van der Waals surface area contributed by atoms with Gasteiger partial charge in [0.1, 0.15) is 11.6 Å². The van der Waals surface area contributed by atoms with Crippen LogP contribution in [0.4, 0.5) is 25.8 Å². The fourth-order valence-electron chi connectivity index (χ4n) is 5.90. The topological polar surface area (TPSA) is 120 Å². The molecular weight excluding hydrogens is 580 g/mol. The summed E-state index contributed by atoms with van der Waals surface area (Å²) in [6.07, 6.45) is 3.51. The molecule has 45 heavy (non-hydrogen) atoms. The number of nitrogens with zero attached hydrogens (tertiary/aromatic N) is 2. The smallest absolute Gasteiger partial charge is 0.317 e. The number of rotatable bonds is 11. The molecule has 2 saturated heterocycles. The Labute approximate surface area is 261 Å². The fourth-order valence-corrected chi connectivity index (χ4v) is 5.90. The van der Waals surface area contributed by atoms with Gasteiger partial charge in [-0.15, -0.1) is 6.58 Å². The van der Waals surface area contributed by atoms with Crippen LogP contribution in [0.25, 0.3) is 0 Å². The average molecular weight is 620 g/mol. The third kappa shape index (κ3) is 8.37. The molecule has 0 aliphatic carbocycles. The molecular formula is C34H39F2N5O4. The summed E-state index contributed by atoms with van der Waals surface area (Å²) < 4.78 is 33.1. The molecule has 5 N–H and O–H groups in total. The van der Waals surface area contributed by atoms with E-state index in [1.54, 1.807) is 24.3 Å². The quantitative estimate of drug-likeness (QED) is 0.182. The van der Waals surface area contributed by atoms with Gasteiger partial charge in [-0.25, -0.2) is 8.78 Å². The molecule has 11 heteroatoms. The normalized spacial score (nSPS) is 16.6. The van der Waals surface area contributed by atoms with E-state index in [1.165, 1.54) is 12.1 Å². The number of carboxylic acid groups (broad SMARTS) is 1. The van der Waals surface area contributed by atoms with Crippen molar-refractivity contribution in [2.24, 2.45) is 0 Å². The minimum absolute atomic E-state index is 0.0186. The summed E-state index contributed by atoms with van der Waals surface area (Å²) in [6.45, 7) is 7.84. The lowest BCUT2D eigenvalue weighted by Crippen LogP contribution is -2.48. The molecule has 3 aromatic carbocycles. The van der Waals surface area contributed by atoms with Crippen LogP contribution in [0.1, 0.15) is 45.9 Å². The van der Waals surface area contributed by atoms with Crippen molar-refractivity contribution in [3.05, 3.63) is 101 Å². The molecule has 2 fully saturated rings. The zero-order valence-electron chi connectivity index (χ0n) is 25.1. The Morgan fingerprint density at radius 1 is 1.00 bits per heavy atom. The Bertz CT molecular complexity index is 1520. The highest BCUT2D eigenvalue weighted by molar-refractivity contribution is 6.00. The highest BCUT2D eigenvalue weighted by atomic mass is 19.1. The molecule has 0 saturated carbocycles. The lowest BCUT2D eigenvalue weighted by molar-refractivity contribution is -0.138. The summed E-state index contributed by atoms with van der Waals surface area (Å²) in [6, 6.07) is 13.9. The third-order valence-corrected chi connectivity index (χ3v) is 8.26. The maximum Gasteiger partial charge on any atom is 0.317 e. The first kappa shape index (κ1) is 31.9. The van der Waals surface area contributed by atoms with Crippen LogP contribution in [0.5, 0.6) is 0 Å². The van der Waals surface area contributed by atoms with Gasteiger partial charge in [-0.05, 0) is 66.8 Å². The maximum atomic E-state index is 13.8. The summed E-state index contributed by atoms with van der Waals surface area (Å²) in [5.41, 5.74) is 10.8. The number of nitrogen functional groups attached to an aromatic ring is 1. The summed E-state index contributed by atoms with van der Waals surface area (Å²) in [4.78, 5) is 29.1. The number of halogens is 2. The van der Waals surface area contributed by atoms with Gasteiger partial charge in [0.05, 0.1) is 18.2 Å². The second-order valence-electron chi connectivity index (χ2n) is 11.5. The molecule has 9 nitrogen and oxygen atoms in total. The van der Waals surface area contributed by atoms with Crippen molar-refractivity contribution in [3.63, 3.8) is 0 Å². The maximum absolute atomic E-state index is 13.8. The van der Waals surface area contributed by atoms with Gasteiger partial charge in [-0.3, -0.25) is 14.5 Å². The van der Waals surface area contributed by atoms with E-state index in [4.69, 9.17) is 15.6 Å². The molecule has 0 spiro atoms. The zero-order valence-corrected chi connectivity index (χ0v) is 25.1. The van der Waals surface area contributed by atoms with Crippen LogP contribution in [0, 0.1) is 11.6 Å². The predicted octanol–water partition coefficient (Wildman–Crippen LogP) is 4.59. The first-order valence-electron chi connectivity index (χ1n) is 15.1. The van der Waals surface area contributed by atoms with Gasteiger partial charge >= 0.3 is 5.97 Å². The van der Waals surface area contributed by atoms with Gasteiger partial charge in [-0.1, -0.05) is 18.2 Å². The molecule has 238 valence electrons. The molecule has 2 heterocycles. The summed E-state index contributed by atoms with van der Waals surface area (Å²) in [5, 5.41) is 15.8. The van der Waals surface area contributed by atoms with Crippen molar-refractivity contribution >= 4 is 28.9 Å².